The number of methoxy groups -OCH3 is 1. The molecule has 5 nitrogen and oxygen atoms in total. The van der Waals surface area contributed by atoms with E-state index < -0.39 is 0 Å². The normalized spacial score (nSPS) is 11.2. The molecule has 2 N–H and O–H groups in total. The summed E-state index contributed by atoms with van der Waals surface area (Å²) in [5.41, 5.74) is 0.622. The van der Waals surface area contributed by atoms with Crippen LogP contribution in [0.4, 0.5) is 5.69 Å². The molecule has 0 aliphatic heterocycles. The van der Waals surface area contributed by atoms with Crippen LogP contribution in [0.3, 0.4) is 0 Å². The Morgan fingerprint density at radius 3 is 2.57 bits per heavy atom. The summed E-state index contributed by atoms with van der Waals surface area (Å²) in [7, 11) is 1.57. The highest BCUT2D eigenvalue weighted by Crippen LogP contribution is 2.20. The zero-order valence-electron chi connectivity index (χ0n) is 11.2. The van der Waals surface area contributed by atoms with Crippen LogP contribution in [0.15, 0.2) is 52.7 Å². The molecular formula is C15H12N2O3S. The number of nitriles is 1. The number of thiocarbonyl (C=S) groups is 1. The van der Waals surface area contributed by atoms with Gasteiger partial charge in [0.25, 0.3) is 0 Å². The van der Waals surface area contributed by atoms with Crippen molar-refractivity contribution in [3.63, 3.8) is 0 Å². The summed E-state index contributed by atoms with van der Waals surface area (Å²) < 4.78 is 10.1. The smallest absolute Gasteiger partial charge is 0.179 e. The first-order valence-electron chi connectivity index (χ1n) is 5.98. The van der Waals surface area contributed by atoms with Crippen molar-refractivity contribution in [1.82, 2.24) is 0 Å². The average Bonchev–Trinajstić information content (AvgIpc) is 3.03. The number of aliphatic hydroxyl groups is 1. The lowest BCUT2D eigenvalue weighted by Crippen LogP contribution is -2.12. The highest BCUT2D eigenvalue weighted by atomic mass is 32.1. The fourth-order valence-electron chi connectivity index (χ4n) is 1.62. The molecule has 0 saturated carbocycles. The van der Waals surface area contributed by atoms with Gasteiger partial charge in [0.2, 0.25) is 0 Å². The number of hydrogen-bond donors (Lipinski definition) is 2. The molecule has 0 spiro atoms. The summed E-state index contributed by atoms with van der Waals surface area (Å²) in [6, 6.07) is 12.1. The van der Waals surface area contributed by atoms with E-state index in [4.69, 9.17) is 26.6 Å². The van der Waals surface area contributed by atoms with Crippen LogP contribution in [0.2, 0.25) is 0 Å². The van der Waals surface area contributed by atoms with E-state index in [-0.39, 0.29) is 22.1 Å². The van der Waals surface area contributed by atoms with E-state index in [1.165, 1.54) is 6.26 Å². The first-order chi connectivity index (χ1) is 10.2. The third-order valence-corrected chi connectivity index (χ3v) is 2.98. The second kappa shape index (κ2) is 6.59. The quantitative estimate of drug-likeness (QED) is 0.389. The molecule has 0 fully saturated rings. The van der Waals surface area contributed by atoms with Crippen LogP contribution < -0.4 is 10.1 Å². The van der Waals surface area contributed by atoms with Crippen LogP contribution >= 0.6 is 12.2 Å². The van der Waals surface area contributed by atoms with Gasteiger partial charge in [-0.2, -0.15) is 5.26 Å². The molecule has 1 aromatic heterocycles. The van der Waals surface area contributed by atoms with Gasteiger partial charge in [-0.05, 0) is 36.4 Å². The number of ether oxygens (including phenoxy) is 1. The van der Waals surface area contributed by atoms with Crippen molar-refractivity contribution in [1.29, 1.82) is 5.26 Å². The van der Waals surface area contributed by atoms with Crippen molar-refractivity contribution in [2.45, 2.75) is 0 Å². The first kappa shape index (κ1) is 14.6. The number of furan rings is 1. The minimum absolute atomic E-state index is 0.0595. The molecule has 0 bridgehead atoms. The van der Waals surface area contributed by atoms with E-state index in [2.05, 4.69) is 5.32 Å². The fraction of sp³-hybridized carbons (Fsp3) is 0.0667. The zero-order valence-corrected chi connectivity index (χ0v) is 12.0. The van der Waals surface area contributed by atoms with Crippen molar-refractivity contribution in [2.24, 2.45) is 0 Å². The lowest BCUT2D eigenvalue weighted by Gasteiger charge is -2.08. The number of nitrogens with zero attached hydrogens (tertiary/aromatic N) is 1. The Morgan fingerprint density at radius 2 is 2.05 bits per heavy atom. The van der Waals surface area contributed by atoms with Gasteiger partial charge in [-0.25, -0.2) is 0 Å². The highest BCUT2D eigenvalue weighted by Gasteiger charge is 2.15. The van der Waals surface area contributed by atoms with Gasteiger partial charge in [-0.15, -0.1) is 0 Å². The van der Waals surface area contributed by atoms with E-state index in [9.17, 15) is 5.11 Å². The van der Waals surface area contributed by atoms with Gasteiger partial charge in [-0.1, -0.05) is 12.2 Å². The predicted octanol–water partition coefficient (Wildman–Crippen LogP) is 3.52. The summed E-state index contributed by atoms with van der Waals surface area (Å²) in [5.74, 6) is 0.597. The fourth-order valence-corrected chi connectivity index (χ4v) is 1.88. The second-order valence-electron chi connectivity index (χ2n) is 4.00. The first-order valence-corrected chi connectivity index (χ1v) is 6.39. The molecule has 0 atom stereocenters. The summed E-state index contributed by atoms with van der Waals surface area (Å²) >= 11 is 5.14. The van der Waals surface area contributed by atoms with Crippen molar-refractivity contribution in [2.75, 3.05) is 12.4 Å². The number of nitrogens with one attached hydrogen (secondary N) is 1. The summed E-state index contributed by atoms with van der Waals surface area (Å²) in [5, 5.41) is 22.1. The molecule has 106 valence electrons. The minimum atomic E-state index is -0.298. The van der Waals surface area contributed by atoms with E-state index >= 15 is 0 Å². The average molecular weight is 300 g/mol. The van der Waals surface area contributed by atoms with Gasteiger partial charge < -0.3 is 19.6 Å². The van der Waals surface area contributed by atoms with Crippen LogP contribution in [0.5, 0.6) is 5.75 Å². The zero-order chi connectivity index (χ0) is 15.2. The summed E-state index contributed by atoms with van der Waals surface area (Å²) in [6.07, 6.45) is 1.40. The molecule has 2 aromatic rings. The van der Waals surface area contributed by atoms with Crippen molar-refractivity contribution >= 4 is 28.7 Å². The van der Waals surface area contributed by atoms with Gasteiger partial charge in [0.05, 0.1) is 13.4 Å². The van der Waals surface area contributed by atoms with E-state index in [0.717, 1.165) is 0 Å². The second-order valence-corrected chi connectivity index (χ2v) is 4.40. The standard InChI is InChI=1S/C15H12N2O3S/c1-19-11-6-4-10(5-7-11)17-15(21)12(9-16)14(18)13-3-2-8-20-13/h2-8,18H,1H3,(H,17,21)/b14-12-. The third kappa shape index (κ3) is 3.41. The molecule has 0 unspecified atom stereocenters. The van der Waals surface area contributed by atoms with Gasteiger partial charge >= 0.3 is 0 Å². The van der Waals surface area contributed by atoms with Gasteiger partial charge in [0.15, 0.2) is 11.5 Å². The molecule has 0 radical (unpaired) electrons. The Kier molecular flexibility index (Phi) is 4.59. The molecular weight excluding hydrogens is 288 g/mol. The molecule has 0 aliphatic rings. The summed E-state index contributed by atoms with van der Waals surface area (Å²) in [4.78, 5) is 0.108. The number of aliphatic hydroxyl groups excluding tert-OH is 1. The molecule has 0 aliphatic carbocycles. The molecule has 21 heavy (non-hydrogen) atoms. The SMILES string of the molecule is COc1ccc(NC(=S)/C(C#N)=C(\O)c2ccco2)cc1. The van der Waals surface area contributed by atoms with E-state index in [1.807, 2.05) is 6.07 Å². The van der Waals surface area contributed by atoms with E-state index in [1.54, 1.807) is 43.5 Å². The molecule has 1 aromatic carbocycles. The van der Waals surface area contributed by atoms with Gasteiger partial charge in [0.1, 0.15) is 22.4 Å². The Balaban J connectivity index is 2.21. The van der Waals surface area contributed by atoms with Crippen molar-refractivity contribution in [3.05, 3.63) is 54.0 Å². The molecule has 6 heteroatoms. The third-order valence-electron chi connectivity index (χ3n) is 2.68. The van der Waals surface area contributed by atoms with Crippen molar-refractivity contribution in [3.8, 4) is 11.8 Å². The molecule has 1 heterocycles. The van der Waals surface area contributed by atoms with Gasteiger partial charge in [-0.3, -0.25) is 0 Å². The molecule has 0 saturated heterocycles. The Bertz CT molecular complexity index is 698. The van der Waals surface area contributed by atoms with Crippen LogP contribution in [0.1, 0.15) is 5.76 Å². The van der Waals surface area contributed by atoms with Gasteiger partial charge in [0, 0.05) is 5.69 Å². The number of anilines is 1. The number of hydrogen-bond acceptors (Lipinski definition) is 5. The van der Waals surface area contributed by atoms with Crippen LogP contribution in [-0.2, 0) is 0 Å². The Morgan fingerprint density at radius 1 is 1.33 bits per heavy atom. The van der Waals surface area contributed by atoms with Crippen LogP contribution in [0.25, 0.3) is 5.76 Å². The lowest BCUT2D eigenvalue weighted by molar-refractivity contribution is 0.415. The maximum absolute atomic E-state index is 10.0. The number of benzene rings is 1. The predicted molar refractivity (Wildman–Crippen MR) is 83.1 cm³/mol. The lowest BCUT2D eigenvalue weighted by atomic mass is 10.2. The molecule has 2 rings (SSSR count). The Labute approximate surface area is 127 Å². The Hall–Kier alpha value is -2.78. The number of rotatable bonds is 4. The van der Waals surface area contributed by atoms with E-state index in [0.29, 0.717) is 11.4 Å². The van der Waals surface area contributed by atoms with Crippen LogP contribution in [0, 0.1) is 11.3 Å². The minimum Gasteiger partial charge on any atom is -0.503 e. The van der Waals surface area contributed by atoms with Crippen molar-refractivity contribution < 1.29 is 14.3 Å². The van der Waals surface area contributed by atoms with Crippen LogP contribution in [-0.4, -0.2) is 17.2 Å². The largest absolute Gasteiger partial charge is 0.503 e. The summed E-state index contributed by atoms with van der Waals surface area (Å²) in [6.45, 7) is 0. The highest BCUT2D eigenvalue weighted by molar-refractivity contribution is 7.81. The molecule has 0 amide bonds. The topological polar surface area (TPSA) is 78.4 Å². The maximum atomic E-state index is 10.0. The monoisotopic (exact) mass is 300 g/mol. The maximum Gasteiger partial charge on any atom is 0.179 e.